The number of pyridine rings is 1. The highest BCUT2D eigenvalue weighted by Crippen LogP contribution is 2.54. The number of ether oxygens (including phenoxy) is 2. The third-order valence-electron chi connectivity index (χ3n) is 7.66. The van der Waals surface area contributed by atoms with Gasteiger partial charge in [0.2, 0.25) is 0 Å². The van der Waals surface area contributed by atoms with E-state index in [1.54, 1.807) is 0 Å². The molecule has 1 aromatic heterocycles. The van der Waals surface area contributed by atoms with Crippen molar-refractivity contribution in [2.24, 2.45) is 0 Å². The summed E-state index contributed by atoms with van der Waals surface area (Å²) in [6, 6.07) is 13.9. The van der Waals surface area contributed by atoms with Crippen molar-refractivity contribution in [2.45, 2.75) is 39.1 Å². The maximum Gasteiger partial charge on any atom is 0.251 e. The van der Waals surface area contributed by atoms with Crippen molar-refractivity contribution in [2.75, 3.05) is 32.0 Å². The molecule has 3 N–H and O–H groups in total. The lowest BCUT2D eigenvalue weighted by atomic mass is 9.84. The third-order valence-corrected chi connectivity index (χ3v) is 7.66. The molecule has 2 atom stereocenters. The smallest absolute Gasteiger partial charge is 0.251 e. The van der Waals surface area contributed by atoms with Crippen molar-refractivity contribution in [3.8, 4) is 0 Å². The second-order valence-corrected chi connectivity index (χ2v) is 10.1. The van der Waals surface area contributed by atoms with Crippen LogP contribution < -0.4 is 11.1 Å². The van der Waals surface area contributed by atoms with Crippen LogP contribution in [0.15, 0.2) is 42.5 Å². The van der Waals surface area contributed by atoms with E-state index in [0.29, 0.717) is 50.8 Å². The first-order chi connectivity index (χ1) is 17.3. The summed E-state index contributed by atoms with van der Waals surface area (Å²) in [6.45, 7) is 6.66. The first kappa shape index (κ1) is 23.1. The largest absolute Gasteiger partial charge is 0.632 e. The van der Waals surface area contributed by atoms with Crippen LogP contribution in [-0.2, 0) is 22.6 Å². The van der Waals surface area contributed by atoms with E-state index in [-0.39, 0.29) is 22.8 Å². The number of morpholine rings is 1. The number of carbonyl (C=O) groups excluding carboxylic acids is 1. The minimum absolute atomic E-state index is 0.129. The van der Waals surface area contributed by atoms with Gasteiger partial charge in [-0.25, -0.2) is 4.98 Å². The number of carbonyl (C=O) groups is 1. The Balaban J connectivity index is 1.21. The number of aryl methyl sites for hydroxylation is 2. The zero-order chi connectivity index (χ0) is 25.0. The highest BCUT2D eigenvalue weighted by Gasteiger charge is 2.43. The van der Waals surface area contributed by atoms with Crippen molar-refractivity contribution < 1.29 is 18.9 Å². The summed E-state index contributed by atoms with van der Waals surface area (Å²) in [5, 5.41) is 16.1. The normalized spacial score (nSPS) is 21.2. The fourth-order valence-corrected chi connectivity index (χ4v) is 5.73. The number of nitrogens with one attached hydrogen (secondary N) is 1. The standard InChI is InChI=1S/C28H30N4O4/c1-16-11-25(29)31-17(2)24(16)14-30-28(33)19-4-6-21-23(13-19)27-22-12-18(3-5-20(22)26(21)36-27)15-32(34)7-9-35-10-8-32/h3-6,11-13,26-27H,7-10,14-15H2,1-2H3,(H2,29,31)(H,30,33). The van der Waals surface area contributed by atoms with Gasteiger partial charge in [-0.3, -0.25) is 4.79 Å². The molecule has 186 valence electrons. The number of hydrogen-bond donors (Lipinski definition) is 2. The van der Waals surface area contributed by atoms with Crippen molar-refractivity contribution in [1.82, 2.24) is 10.3 Å². The van der Waals surface area contributed by atoms with E-state index in [4.69, 9.17) is 15.2 Å². The highest BCUT2D eigenvalue weighted by atomic mass is 16.6. The van der Waals surface area contributed by atoms with Crippen LogP contribution in [0.1, 0.15) is 67.2 Å². The van der Waals surface area contributed by atoms with Crippen LogP contribution >= 0.6 is 0 Å². The molecule has 2 aromatic carbocycles. The van der Waals surface area contributed by atoms with Gasteiger partial charge in [-0.1, -0.05) is 18.2 Å². The monoisotopic (exact) mass is 486 g/mol. The number of hydroxylamine groups is 3. The Morgan fingerprint density at radius 1 is 1.06 bits per heavy atom. The van der Waals surface area contributed by atoms with E-state index >= 15 is 0 Å². The van der Waals surface area contributed by atoms with E-state index in [1.165, 1.54) is 0 Å². The Morgan fingerprint density at radius 2 is 1.75 bits per heavy atom. The lowest BCUT2D eigenvalue weighted by Gasteiger charge is -2.45. The molecule has 6 rings (SSSR count). The molecule has 1 saturated heterocycles. The molecular formula is C28H30N4O4. The van der Waals surface area contributed by atoms with E-state index in [1.807, 2.05) is 44.2 Å². The Kier molecular flexibility index (Phi) is 5.57. The van der Waals surface area contributed by atoms with Crippen LogP contribution in [0.25, 0.3) is 0 Å². The first-order valence-electron chi connectivity index (χ1n) is 12.4. The van der Waals surface area contributed by atoms with Gasteiger partial charge >= 0.3 is 0 Å². The summed E-state index contributed by atoms with van der Waals surface area (Å²) in [5.41, 5.74) is 14.6. The van der Waals surface area contributed by atoms with Gasteiger partial charge in [0.15, 0.2) is 0 Å². The van der Waals surface area contributed by atoms with Crippen LogP contribution in [-0.4, -0.2) is 41.8 Å². The molecule has 0 aliphatic carbocycles. The molecule has 2 bridgehead atoms. The van der Waals surface area contributed by atoms with Gasteiger partial charge in [-0.2, -0.15) is 0 Å². The summed E-state index contributed by atoms with van der Waals surface area (Å²) in [4.78, 5) is 17.3. The zero-order valence-electron chi connectivity index (χ0n) is 20.5. The van der Waals surface area contributed by atoms with Gasteiger partial charge in [0.25, 0.3) is 5.91 Å². The van der Waals surface area contributed by atoms with Gasteiger partial charge in [0, 0.05) is 23.4 Å². The lowest BCUT2D eigenvalue weighted by Crippen LogP contribution is -2.49. The van der Waals surface area contributed by atoms with E-state index in [2.05, 4.69) is 22.4 Å². The van der Waals surface area contributed by atoms with Crippen LogP contribution in [0.5, 0.6) is 0 Å². The maximum absolute atomic E-state index is 13.1. The maximum atomic E-state index is 13.1. The number of anilines is 1. The predicted octanol–water partition coefficient (Wildman–Crippen LogP) is 3.58. The molecule has 1 fully saturated rings. The molecule has 2 unspecified atom stereocenters. The quantitative estimate of drug-likeness (QED) is 0.421. The van der Waals surface area contributed by atoms with E-state index < -0.39 is 0 Å². The second kappa shape index (κ2) is 8.67. The number of benzene rings is 2. The van der Waals surface area contributed by atoms with Gasteiger partial charge in [-0.05, 0) is 71.5 Å². The average molecular weight is 487 g/mol. The number of nitrogen functional groups attached to an aromatic ring is 1. The molecule has 0 spiro atoms. The van der Waals surface area contributed by atoms with Crippen LogP contribution in [0.3, 0.4) is 0 Å². The number of fused-ring (bicyclic) bond motifs is 8. The first-order valence-corrected chi connectivity index (χ1v) is 12.4. The number of nitrogens with two attached hydrogens (primary N) is 1. The van der Waals surface area contributed by atoms with Crippen LogP contribution in [0.4, 0.5) is 5.82 Å². The van der Waals surface area contributed by atoms with Gasteiger partial charge in [0.1, 0.15) is 37.7 Å². The molecule has 3 aliphatic rings. The summed E-state index contributed by atoms with van der Waals surface area (Å²) in [6.07, 6.45) is -0.348. The zero-order valence-corrected chi connectivity index (χ0v) is 20.5. The molecule has 8 nitrogen and oxygen atoms in total. The van der Waals surface area contributed by atoms with Crippen molar-refractivity contribution >= 4 is 11.7 Å². The Morgan fingerprint density at radius 3 is 2.50 bits per heavy atom. The Bertz CT molecular complexity index is 1340. The molecule has 3 aromatic rings. The molecule has 0 saturated carbocycles. The van der Waals surface area contributed by atoms with Gasteiger partial charge in [-0.15, -0.1) is 0 Å². The summed E-state index contributed by atoms with van der Waals surface area (Å²) in [7, 11) is 0. The highest BCUT2D eigenvalue weighted by molar-refractivity contribution is 5.94. The van der Waals surface area contributed by atoms with E-state index in [9.17, 15) is 10.0 Å². The van der Waals surface area contributed by atoms with Gasteiger partial charge in [0.05, 0.1) is 13.2 Å². The lowest BCUT2D eigenvalue weighted by molar-refractivity contribution is -0.901. The van der Waals surface area contributed by atoms with Crippen LogP contribution in [0, 0.1) is 19.1 Å². The molecule has 8 heteroatoms. The molecule has 0 radical (unpaired) electrons. The predicted molar refractivity (Wildman–Crippen MR) is 135 cm³/mol. The van der Waals surface area contributed by atoms with Crippen LogP contribution in [0.2, 0.25) is 0 Å². The molecular weight excluding hydrogens is 456 g/mol. The summed E-state index contributed by atoms with van der Waals surface area (Å²) >= 11 is 0. The van der Waals surface area contributed by atoms with Crippen molar-refractivity contribution in [3.63, 3.8) is 0 Å². The fraction of sp³-hybridized carbons (Fsp3) is 0.357. The topological polar surface area (TPSA) is 110 Å². The number of nitrogens with zero attached hydrogens (tertiary/aromatic N) is 2. The van der Waals surface area contributed by atoms with E-state index in [0.717, 1.165) is 44.6 Å². The number of aromatic nitrogens is 1. The number of amides is 1. The number of quaternary nitrogens is 1. The fourth-order valence-electron chi connectivity index (χ4n) is 5.73. The summed E-state index contributed by atoms with van der Waals surface area (Å²) < 4.78 is 11.5. The van der Waals surface area contributed by atoms with Crippen molar-refractivity contribution in [3.05, 3.63) is 97.9 Å². The molecule has 36 heavy (non-hydrogen) atoms. The van der Waals surface area contributed by atoms with Crippen molar-refractivity contribution in [1.29, 1.82) is 0 Å². The number of rotatable bonds is 5. The van der Waals surface area contributed by atoms with Gasteiger partial charge < -0.3 is 30.4 Å². The SMILES string of the molecule is Cc1cc(N)nc(C)c1CNC(=O)c1ccc2c(c1)C1OC2c2ccc(C[N+]3([O-])CCOCC3)cc21. The second-order valence-electron chi connectivity index (χ2n) is 10.1. The third kappa shape index (κ3) is 3.96. The minimum atomic E-state index is -0.253. The average Bonchev–Trinajstić information content (AvgIpc) is 3.40. The summed E-state index contributed by atoms with van der Waals surface area (Å²) in [5.74, 6) is 0.338. The Labute approximate surface area is 210 Å². The Hall–Kier alpha value is -3.30. The molecule has 4 heterocycles. The minimum Gasteiger partial charge on any atom is -0.632 e. The molecule has 3 aliphatic heterocycles. The molecule has 1 amide bonds. The number of hydrogen-bond acceptors (Lipinski definition) is 6.